The molecule has 5 rings (SSSR count). The standard InChI is InChI=1S/C26H19N2.B.Y/c1-18-11-12-20(15-24(18)26-17-27-13-14-28(26)2)25-16-19-7-3-4-8-21(19)22-9-5-6-10-23(22)25;;/h3-14,17H,1-2H3;;/q-1;;. The zero-order chi connectivity index (χ0) is 19.1. The van der Waals surface area contributed by atoms with E-state index in [0.29, 0.717) is 0 Å². The molecule has 4 radical (unpaired) electrons. The first kappa shape index (κ1) is 22.3. The van der Waals surface area contributed by atoms with Crippen molar-refractivity contribution in [1.29, 1.82) is 0 Å². The van der Waals surface area contributed by atoms with Crippen molar-refractivity contribution in [2.24, 2.45) is 7.05 Å². The first-order chi connectivity index (χ1) is 13.7. The number of hydrogen-bond donors (Lipinski definition) is 0. The van der Waals surface area contributed by atoms with Gasteiger partial charge in [0.05, 0.1) is 12.4 Å². The fraction of sp³-hybridized carbons (Fsp3) is 0.0769. The molecule has 0 aliphatic carbocycles. The van der Waals surface area contributed by atoms with Gasteiger partial charge in [-0.15, -0.1) is 28.5 Å². The minimum absolute atomic E-state index is 0. The molecule has 0 spiro atoms. The molecule has 30 heavy (non-hydrogen) atoms. The van der Waals surface area contributed by atoms with Crippen molar-refractivity contribution < 1.29 is 37.3 Å². The molecule has 5 aromatic rings. The second-order valence-corrected chi connectivity index (χ2v) is 7.09. The molecule has 0 fully saturated rings. The summed E-state index contributed by atoms with van der Waals surface area (Å²) in [5, 5.41) is 4.80. The molecule has 0 unspecified atom stereocenters. The zero-order valence-electron chi connectivity index (χ0n) is 17.1. The van der Waals surface area contributed by atoms with Gasteiger partial charge >= 0.3 is 0 Å². The topological polar surface area (TPSA) is 16.8 Å². The maximum absolute atomic E-state index is 4.31. The summed E-state index contributed by atoms with van der Waals surface area (Å²) < 4.78 is 2.08. The van der Waals surface area contributed by atoms with E-state index in [4.69, 9.17) is 0 Å². The third-order valence-corrected chi connectivity index (χ3v) is 5.31. The van der Waals surface area contributed by atoms with Gasteiger partial charge < -0.3 is 0 Å². The Hall–Kier alpha value is -2.35. The van der Waals surface area contributed by atoms with Gasteiger partial charge in [0.2, 0.25) is 0 Å². The third kappa shape index (κ3) is 3.85. The molecule has 140 valence electrons. The van der Waals surface area contributed by atoms with Gasteiger partial charge in [0, 0.05) is 41.1 Å². The summed E-state index contributed by atoms with van der Waals surface area (Å²) in [6.07, 6.45) is 5.66. The fourth-order valence-electron chi connectivity index (χ4n) is 3.82. The summed E-state index contributed by atoms with van der Waals surface area (Å²) in [5.74, 6) is 0. The van der Waals surface area contributed by atoms with Gasteiger partial charge in [-0.25, -0.2) is 4.57 Å². The average Bonchev–Trinajstić information content (AvgIpc) is 2.74. The summed E-state index contributed by atoms with van der Waals surface area (Å²) in [5.41, 5.74) is 5.43. The molecule has 0 aliphatic heterocycles. The van der Waals surface area contributed by atoms with Crippen molar-refractivity contribution in [3.05, 3.63) is 97.0 Å². The Morgan fingerprint density at radius 2 is 1.50 bits per heavy atom. The van der Waals surface area contributed by atoms with Crippen LogP contribution in [0.5, 0.6) is 0 Å². The molecule has 1 heterocycles. The molecule has 0 N–H and O–H groups in total. The smallest absolute Gasteiger partial charge is 0.180 e. The molecule has 0 saturated heterocycles. The van der Waals surface area contributed by atoms with Crippen LogP contribution >= 0.6 is 0 Å². The van der Waals surface area contributed by atoms with E-state index in [0.717, 1.165) is 27.8 Å². The minimum Gasteiger partial charge on any atom is -0.260 e. The number of aryl methyl sites for hydroxylation is 2. The van der Waals surface area contributed by atoms with Gasteiger partial charge in [-0.05, 0) is 0 Å². The predicted octanol–water partition coefficient (Wildman–Crippen LogP) is 5.07. The van der Waals surface area contributed by atoms with Crippen LogP contribution in [0.1, 0.15) is 5.56 Å². The van der Waals surface area contributed by atoms with Gasteiger partial charge in [-0.3, -0.25) is 4.98 Å². The zero-order valence-corrected chi connectivity index (χ0v) is 19.9. The number of hydrogen-bond acceptors (Lipinski definition) is 1. The summed E-state index contributed by atoms with van der Waals surface area (Å²) in [6.45, 7) is 2.12. The van der Waals surface area contributed by atoms with Crippen molar-refractivity contribution in [2.45, 2.75) is 6.92 Å². The molecule has 1 aromatic heterocycles. The molecular weight excluding hydrogens is 440 g/mol. The molecule has 0 bridgehead atoms. The van der Waals surface area contributed by atoms with E-state index in [2.05, 4.69) is 89.3 Å². The Morgan fingerprint density at radius 1 is 0.800 bits per heavy atom. The monoisotopic (exact) mass is 459 g/mol. The number of fused-ring (bicyclic) bond motifs is 3. The van der Waals surface area contributed by atoms with Gasteiger partial charge in [0.1, 0.15) is 7.05 Å². The van der Waals surface area contributed by atoms with E-state index in [1.807, 2.05) is 19.4 Å². The Bertz CT molecular complexity index is 1350. The van der Waals surface area contributed by atoms with Crippen LogP contribution in [0.15, 0.2) is 79.3 Å². The van der Waals surface area contributed by atoms with Crippen LogP contribution < -0.4 is 4.57 Å². The van der Waals surface area contributed by atoms with Crippen LogP contribution in [0.2, 0.25) is 0 Å². The van der Waals surface area contributed by atoms with Crippen molar-refractivity contribution in [3.63, 3.8) is 0 Å². The summed E-state index contributed by atoms with van der Waals surface area (Å²) in [6, 6.07) is 28.6. The van der Waals surface area contributed by atoms with E-state index in [-0.39, 0.29) is 41.1 Å². The predicted molar refractivity (Wildman–Crippen MR) is 119 cm³/mol. The van der Waals surface area contributed by atoms with Crippen LogP contribution in [-0.4, -0.2) is 13.4 Å². The van der Waals surface area contributed by atoms with Crippen molar-refractivity contribution in [2.75, 3.05) is 0 Å². The summed E-state index contributed by atoms with van der Waals surface area (Å²) in [7, 11) is 2.04. The summed E-state index contributed by atoms with van der Waals surface area (Å²) >= 11 is 0. The average molecular weight is 459 g/mol. The molecule has 0 atom stereocenters. The molecule has 0 saturated carbocycles. The quantitative estimate of drug-likeness (QED) is 0.156. The van der Waals surface area contributed by atoms with Gasteiger partial charge in [-0.2, -0.15) is 29.3 Å². The Kier molecular flexibility index (Phi) is 6.85. The number of aromatic nitrogens is 2. The van der Waals surface area contributed by atoms with Gasteiger partial charge in [0.25, 0.3) is 0 Å². The van der Waals surface area contributed by atoms with Crippen molar-refractivity contribution in [1.82, 2.24) is 4.98 Å². The van der Waals surface area contributed by atoms with E-state index < -0.39 is 0 Å². The SMILES string of the molecule is Cc1ccc(-c2[c-]c3ccccc3c3ccccc23)[c-]c1-c1cncc[n+]1C.[B].[Y]. The molecule has 0 amide bonds. The summed E-state index contributed by atoms with van der Waals surface area (Å²) in [4.78, 5) is 4.31. The van der Waals surface area contributed by atoms with Crippen LogP contribution in [0.25, 0.3) is 43.9 Å². The first-order valence-corrected chi connectivity index (χ1v) is 9.38. The molecule has 2 nitrogen and oxygen atoms in total. The Labute approximate surface area is 204 Å². The van der Waals surface area contributed by atoms with Crippen molar-refractivity contribution in [3.8, 4) is 22.4 Å². The van der Waals surface area contributed by atoms with Crippen molar-refractivity contribution >= 4 is 30.0 Å². The number of benzene rings is 4. The second kappa shape index (κ2) is 9.20. The molecular formula is C26H19BN2Y-. The maximum atomic E-state index is 4.31. The van der Waals surface area contributed by atoms with E-state index in [1.54, 1.807) is 6.20 Å². The molecule has 4 aromatic carbocycles. The second-order valence-electron chi connectivity index (χ2n) is 7.09. The van der Waals surface area contributed by atoms with Gasteiger partial charge in [-0.1, -0.05) is 65.7 Å². The first-order valence-electron chi connectivity index (χ1n) is 9.38. The Morgan fingerprint density at radius 3 is 2.27 bits per heavy atom. The fourth-order valence-corrected chi connectivity index (χ4v) is 3.82. The third-order valence-electron chi connectivity index (χ3n) is 5.31. The van der Waals surface area contributed by atoms with Crippen LogP contribution in [0.4, 0.5) is 0 Å². The van der Waals surface area contributed by atoms with Gasteiger partial charge in [0.15, 0.2) is 11.9 Å². The maximum Gasteiger partial charge on any atom is 0.180 e. The Balaban J connectivity index is 0.00000128. The largest absolute Gasteiger partial charge is 0.260 e. The number of rotatable bonds is 2. The normalized spacial score (nSPS) is 10.5. The van der Waals surface area contributed by atoms with E-state index >= 15 is 0 Å². The van der Waals surface area contributed by atoms with Crippen LogP contribution in [-0.2, 0) is 39.8 Å². The van der Waals surface area contributed by atoms with Crippen LogP contribution in [0, 0.1) is 19.1 Å². The van der Waals surface area contributed by atoms with Crippen LogP contribution in [0.3, 0.4) is 0 Å². The number of nitrogens with zero attached hydrogens (tertiary/aromatic N) is 2. The van der Waals surface area contributed by atoms with E-state index in [9.17, 15) is 0 Å². The molecule has 4 heteroatoms. The van der Waals surface area contributed by atoms with E-state index in [1.165, 1.54) is 21.7 Å². The minimum atomic E-state index is 0. The molecule has 0 aliphatic rings.